The van der Waals surface area contributed by atoms with Crippen LogP contribution in [0.1, 0.15) is 44.9 Å². The van der Waals surface area contributed by atoms with Crippen LogP contribution >= 0.6 is 0 Å². The Kier molecular flexibility index (Phi) is 4.26. The van der Waals surface area contributed by atoms with Crippen LogP contribution in [0.5, 0.6) is 0 Å². The van der Waals surface area contributed by atoms with E-state index in [2.05, 4.69) is 5.32 Å². The van der Waals surface area contributed by atoms with Crippen molar-refractivity contribution >= 4 is 0 Å². The van der Waals surface area contributed by atoms with Crippen LogP contribution in [0.3, 0.4) is 0 Å². The van der Waals surface area contributed by atoms with Gasteiger partial charge in [-0.1, -0.05) is 25.7 Å². The van der Waals surface area contributed by atoms with Gasteiger partial charge >= 0.3 is 0 Å². The Morgan fingerprint density at radius 1 is 1.14 bits per heavy atom. The van der Waals surface area contributed by atoms with Gasteiger partial charge in [-0.2, -0.15) is 0 Å². The molecule has 1 aliphatic heterocycles. The first-order valence-electron chi connectivity index (χ1n) is 6.26. The second-order valence-corrected chi connectivity index (χ2v) is 4.81. The van der Waals surface area contributed by atoms with Gasteiger partial charge in [0, 0.05) is 12.6 Å². The van der Waals surface area contributed by atoms with E-state index < -0.39 is 0 Å². The normalized spacial score (nSPS) is 28.7. The van der Waals surface area contributed by atoms with E-state index in [9.17, 15) is 0 Å². The smallest absolute Gasteiger partial charge is 0.0620 e. The predicted octanol–water partition coefficient (Wildman–Crippen LogP) is 2.34. The molecule has 0 aromatic carbocycles. The van der Waals surface area contributed by atoms with Gasteiger partial charge in [0.2, 0.25) is 0 Å². The molecule has 0 aromatic heterocycles. The minimum atomic E-state index is 0.651. The molecule has 2 heteroatoms. The maximum atomic E-state index is 5.33. The Labute approximate surface area is 87.4 Å². The van der Waals surface area contributed by atoms with Crippen LogP contribution < -0.4 is 5.32 Å². The van der Waals surface area contributed by atoms with E-state index >= 15 is 0 Å². The number of nitrogens with one attached hydrogen (secondary N) is 1. The number of ether oxygens (including phenoxy) is 1. The Hall–Kier alpha value is -0.0800. The first-order valence-corrected chi connectivity index (χ1v) is 6.26. The van der Waals surface area contributed by atoms with Crippen molar-refractivity contribution in [1.82, 2.24) is 5.32 Å². The zero-order chi connectivity index (χ0) is 9.64. The molecule has 0 radical (unpaired) electrons. The molecule has 82 valence electrons. The van der Waals surface area contributed by atoms with E-state index in [4.69, 9.17) is 4.74 Å². The lowest BCUT2D eigenvalue weighted by Gasteiger charge is -2.12. The highest BCUT2D eigenvalue weighted by molar-refractivity contribution is 4.72. The minimum Gasteiger partial charge on any atom is -0.380 e. The van der Waals surface area contributed by atoms with Gasteiger partial charge in [-0.25, -0.2) is 0 Å². The first kappa shape index (κ1) is 10.4. The second-order valence-electron chi connectivity index (χ2n) is 4.81. The molecule has 0 amide bonds. The summed E-state index contributed by atoms with van der Waals surface area (Å²) in [5.74, 6) is 1.05. The summed E-state index contributed by atoms with van der Waals surface area (Å²) in [6.07, 6.45) is 9.97. The molecular weight excluding hydrogens is 174 g/mol. The molecule has 1 N–H and O–H groups in total. The van der Waals surface area contributed by atoms with Crippen molar-refractivity contribution in [3.63, 3.8) is 0 Å². The maximum Gasteiger partial charge on any atom is 0.0620 e. The summed E-state index contributed by atoms with van der Waals surface area (Å²) < 4.78 is 5.33. The van der Waals surface area contributed by atoms with E-state index in [1.165, 1.54) is 51.5 Å². The number of hydrogen-bond donors (Lipinski definition) is 1. The van der Waals surface area contributed by atoms with E-state index in [-0.39, 0.29) is 0 Å². The molecule has 1 aliphatic carbocycles. The third-order valence-electron chi connectivity index (χ3n) is 3.63. The third kappa shape index (κ3) is 3.25. The molecule has 2 nitrogen and oxygen atoms in total. The van der Waals surface area contributed by atoms with Crippen molar-refractivity contribution in [2.24, 2.45) is 5.92 Å². The number of hydrogen-bond acceptors (Lipinski definition) is 2. The van der Waals surface area contributed by atoms with Gasteiger partial charge in [0.15, 0.2) is 0 Å². The van der Waals surface area contributed by atoms with Crippen LogP contribution in [0.4, 0.5) is 0 Å². The van der Waals surface area contributed by atoms with E-state index in [0.717, 1.165) is 19.1 Å². The fourth-order valence-corrected chi connectivity index (χ4v) is 2.69. The molecule has 1 saturated carbocycles. The fraction of sp³-hybridized carbons (Fsp3) is 1.00. The second kappa shape index (κ2) is 5.72. The summed E-state index contributed by atoms with van der Waals surface area (Å²) in [4.78, 5) is 0. The summed E-state index contributed by atoms with van der Waals surface area (Å²) in [7, 11) is 0. The largest absolute Gasteiger partial charge is 0.380 e. The molecule has 2 aliphatic rings. The molecule has 0 spiro atoms. The van der Waals surface area contributed by atoms with Crippen molar-refractivity contribution < 1.29 is 4.74 Å². The van der Waals surface area contributed by atoms with Gasteiger partial charge in [0.1, 0.15) is 0 Å². The Morgan fingerprint density at radius 2 is 2.00 bits per heavy atom. The summed E-state index contributed by atoms with van der Waals surface area (Å²) >= 11 is 0. The lowest BCUT2D eigenvalue weighted by Crippen LogP contribution is -2.30. The maximum absolute atomic E-state index is 5.33. The SMILES string of the molecule is C1CCC(CCCNC2CCOC2)C1. The molecule has 1 unspecified atom stereocenters. The molecule has 0 aromatic rings. The zero-order valence-electron chi connectivity index (χ0n) is 9.13. The topological polar surface area (TPSA) is 21.3 Å². The van der Waals surface area contributed by atoms with Crippen molar-refractivity contribution in [3.8, 4) is 0 Å². The van der Waals surface area contributed by atoms with Crippen LogP contribution in [0.25, 0.3) is 0 Å². The molecule has 14 heavy (non-hydrogen) atoms. The van der Waals surface area contributed by atoms with E-state index in [0.29, 0.717) is 6.04 Å². The number of rotatable bonds is 5. The Bertz CT molecular complexity index is 130. The lowest BCUT2D eigenvalue weighted by molar-refractivity contribution is 0.190. The lowest BCUT2D eigenvalue weighted by atomic mass is 10.0. The highest BCUT2D eigenvalue weighted by Gasteiger charge is 2.16. The summed E-state index contributed by atoms with van der Waals surface area (Å²) in [6, 6.07) is 0.651. The van der Waals surface area contributed by atoms with Gasteiger partial charge in [-0.05, 0) is 31.7 Å². The van der Waals surface area contributed by atoms with Gasteiger partial charge in [0.05, 0.1) is 6.61 Å². The summed E-state index contributed by atoms with van der Waals surface area (Å²) in [5.41, 5.74) is 0. The molecular formula is C12H23NO. The van der Waals surface area contributed by atoms with Gasteiger partial charge < -0.3 is 10.1 Å². The summed E-state index contributed by atoms with van der Waals surface area (Å²) in [5, 5.41) is 3.58. The molecule has 1 heterocycles. The van der Waals surface area contributed by atoms with Crippen LogP contribution in [-0.2, 0) is 4.74 Å². The van der Waals surface area contributed by atoms with Crippen LogP contribution in [0, 0.1) is 5.92 Å². The van der Waals surface area contributed by atoms with Crippen LogP contribution in [0.15, 0.2) is 0 Å². The minimum absolute atomic E-state index is 0.651. The molecule has 1 saturated heterocycles. The van der Waals surface area contributed by atoms with Gasteiger partial charge in [-0.3, -0.25) is 0 Å². The average Bonchev–Trinajstić information content (AvgIpc) is 2.86. The molecule has 1 atom stereocenters. The van der Waals surface area contributed by atoms with Crippen LogP contribution in [0.2, 0.25) is 0 Å². The summed E-state index contributed by atoms with van der Waals surface area (Å²) in [6.45, 7) is 3.09. The quantitative estimate of drug-likeness (QED) is 0.683. The predicted molar refractivity (Wildman–Crippen MR) is 58.4 cm³/mol. The zero-order valence-corrected chi connectivity index (χ0v) is 9.13. The van der Waals surface area contributed by atoms with E-state index in [1.54, 1.807) is 0 Å². The Morgan fingerprint density at radius 3 is 2.71 bits per heavy atom. The average molecular weight is 197 g/mol. The fourth-order valence-electron chi connectivity index (χ4n) is 2.69. The molecule has 0 bridgehead atoms. The van der Waals surface area contributed by atoms with Gasteiger partial charge in [0.25, 0.3) is 0 Å². The van der Waals surface area contributed by atoms with Crippen molar-refractivity contribution in [2.45, 2.75) is 51.0 Å². The molecule has 2 rings (SSSR count). The third-order valence-corrected chi connectivity index (χ3v) is 3.63. The van der Waals surface area contributed by atoms with E-state index in [1.807, 2.05) is 0 Å². The molecule has 2 fully saturated rings. The first-order chi connectivity index (χ1) is 6.95. The van der Waals surface area contributed by atoms with Crippen LogP contribution in [-0.4, -0.2) is 25.8 Å². The van der Waals surface area contributed by atoms with Gasteiger partial charge in [-0.15, -0.1) is 0 Å². The van der Waals surface area contributed by atoms with Crippen molar-refractivity contribution in [3.05, 3.63) is 0 Å². The highest BCUT2D eigenvalue weighted by Crippen LogP contribution is 2.28. The standard InChI is InChI=1S/C12H23NO/c1-2-5-11(4-1)6-3-8-13-12-7-9-14-10-12/h11-13H,1-10H2. The van der Waals surface area contributed by atoms with Crippen molar-refractivity contribution in [2.75, 3.05) is 19.8 Å². The Balaban J connectivity index is 1.46. The highest BCUT2D eigenvalue weighted by atomic mass is 16.5. The van der Waals surface area contributed by atoms with Crippen molar-refractivity contribution in [1.29, 1.82) is 0 Å². The monoisotopic (exact) mass is 197 g/mol.